The van der Waals surface area contributed by atoms with Gasteiger partial charge in [0.15, 0.2) is 0 Å². The number of rotatable bonds is 5. The zero-order valence-corrected chi connectivity index (χ0v) is 16.5. The number of nitrogens with zero attached hydrogens (tertiary/aromatic N) is 3. The van der Waals surface area contributed by atoms with Crippen LogP contribution in [0, 0.1) is 0 Å². The fourth-order valence-corrected chi connectivity index (χ4v) is 4.07. The van der Waals surface area contributed by atoms with Crippen LogP contribution in [0.5, 0.6) is 5.75 Å². The maximum absolute atomic E-state index is 12.7. The number of nitrogens with one attached hydrogen (secondary N) is 1. The zero-order chi connectivity index (χ0) is 19.3. The third kappa shape index (κ3) is 4.14. The molecule has 1 aliphatic heterocycles. The molecule has 1 fully saturated rings. The topological polar surface area (TPSA) is 67.3 Å². The summed E-state index contributed by atoms with van der Waals surface area (Å²) in [5.41, 5.74) is 2.64. The molecule has 144 valence electrons. The lowest BCUT2D eigenvalue weighted by Crippen LogP contribution is -2.39. The van der Waals surface area contributed by atoms with Crippen molar-refractivity contribution in [2.45, 2.75) is 18.8 Å². The molecule has 0 spiro atoms. The lowest BCUT2D eigenvalue weighted by Gasteiger charge is -2.32. The summed E-state index contributed by atoms with van der Waals surface area (Å²) in [6.45, 7) is 1.49. The van der Waals surface area contributed by atoms with Gasteiger partial charge >= 0.3 is 0 Å². The summed E-state index contributed by atoms with van der Waals surface area (Å²) in [7, 11) is 1.64. The second-order valence-electron chi connectivity index (χ2n) is 6.76. The Balaban J connectivity index is 1.46. The van der Waals surface area contributed by atoms with Crippen LogP contribution < -0.4 is 10.1 Å². The number of carbonyl (C=O) groups is 1. The summed E-state index contributed by atoms with van der Waals surface area (Å²) >= 11 is 1.55. The Bertz CT molecular complexity index is 928. The number of thiophene rings is 1. The van der Waals surface area contributed by atoms with Gasteiger partial charge in [0.1, 0.15) is 5.75 Å². The maximum atomic E-state index is 12.7. The Morgan fingerprint density at radius 1 is 1.25 bits per heavy atom. The van der Waals surface area contributed by atoms with E-state index in [1.807, 2.05) is 52.1 Å². The van der Waals surface area contributed by atoms with Crippen LogP contribution in [-0.2, 0) is 0 Å². The van der Waals surface area contributed by atoms with Crippen molar-refractivity contribution in [3.8, 4) is 5.75 Å². The van der Waals surface area contributed by atoms with Crippen molar-refractivity contribution in [1.29, 1.82) is 0 Å². The van der Waals surface area contributed by atoms with E-state index >= 15 is 0 Å². The number of hydrogen-bond donors (Lipinski definition) is 1. The predicted octanol–water partition coefficient (Wildman–Crippen LogP) is 4.31. The summed E-state index contributed by atoms with van der Waals surface area (Å²) in [4.78, 5) is 23.7. The summed E-state index contributed by atoms with van der Waals surface area (Å²) in [6, 6.07) is 11.5. The molecule has 0 aliphatic carbocycles. The van der Waals surface area contributed by atoms with Gasteiger partial charge in [0.2, 0.25) is 5.95 Å². The monoisotopic (exact) mass is 394 g/mol. The molecule has 1 unspecified atom stereocenters. The number of ether oxygens (including phenoxy) is 1. The van der Waals surface area contributed by atoms with Gasteiger partial charge in [-0.3, -0.25) is 4.79 Å². The number of anilines is 2. The molecule has 3 heterocycles. The molecule has 2 aromatic heterocycles. The highest BCUT2D eigenvalue weighted by Crippen LogP contribution is 2.28. The highest BCUT2D eigenvalue weighted by atomic mass is 32.1. The van der Waals surface area contributed by atoms with Crippen LogP contribution in [0.2, 0.25) is 0 Å². The van der Waals surface area contributed by atoms with E-state index in [0.29, 0.717) is 12.5 Å². The standard InChI is InChI=1S/C21H22N4O2S/c1-27-18-6-4-17(5-7-18)23-21-22-10-8-19(24-21)15-3-2-11-25(13-15)20(26)16-9-12-28-14-16/h4-10,12,14-15H,2-3,11,13H2,1H3,(H,22,23,24). The van der Waals surface area contributed by atoms with Crippen LogP contribution in [0.4, 0.5) is 11.6 Å². The molecule has 1 amide bonds. The van der Waals surface area contributed by atoms with Gasteiger partial charge in [0.25, 0.3) is 5.91 Å². The molecule has 1 aliphatic rings. The molecule has 3 aromatic rings. The van der Waals surface area contributed by atoms with Crippen LogP contribution in [0.25, 0.3) is 0 Å². The van der Waals surface area contributed by atoms with Crippen molar-refractivity contribution < 1.29 is 9.53 Å². The summed E-state index contributed by atoms with van der Waals surface area (Å²) in [5, 5.41) is 7.09. The van der Waals surface area contributed by atoms with Gasteiger partial charge in [-0.2, -0.15) is 11.3 Å². The van der Waals surface area contributed by atoms with Crippen molar-refractivity contribution >= 4 is 28.9 Å². The highest BCUT2D eigenvalue weighted by molar-refractivity contribution is 7.08. The van der Waals surface area contributed by atoms with Gasteiger partial charge in [-0.25, -0.2) is 9.97 Å². The minimum atomic E-state index is 0.108. The number of amides is 1. The van der Waals surface area contributed by atoms with Gasteiger partial charge < -0.3 is 15.0 Å². The molecular formula is C21H22N4O2S. The van der Waals surface area contributed by atoms with Crippen LogP contribution in [0.3, 0.4) is 0 Å². The number of aromatic nitrogens is 2. The predicted molar refractivity (Wildman–Crippen MR) is 111 cm³/mol. The number of benzene rings is 1. The molecule has 7 heteroatoms. The Labute approximate surface area is 168 Å². The second kappa shape index (κ2) is 8.39. The van der Waals surface area contributed by atoms with Gasteiger partial charge in [0, 0.05) is 36.3 Å². The van der Waals surface area contributed by atoms with Crippen molar-refractivity contribution in [3.63, 3.8) is 0 Å². The smallest absolute Gasteiger partial charge is 0.254 e. The Morgan fingerprint density at radius 3 is 2.86 bits per heavy atom. The van der Waals surface area contributed by atoms with E-state index in [0.717, 1.165) is 42.1 Å². The van der Waals surface area contributed by atoms with E-state index in [1.54, 1.807) is 24.6 Å². The van der Waals surface area contributed by atoms with E-state index < -0.39 is 0 Å². The quantitative estimate of drug-likeness (QED) is 0.698. The minimum absolute atomic E-state index is 0.108. The highest BCUT2D eigenvalue weighted by Gasteiger charge is 2.26. The lowest BCUT2D eigenvalue weighted by atomic mass is 9.94. The van der Waals surface area contributed by atoms with Crippen molar-refractivity contribution in [3.05, 3.63) is 64.6 Å². The van der Waals surface area contributed by atoms with E-state index in [4.69, 9.17) is 9.72 Å². The van der Waals surface area contributed by atoms with Crippen LogP contribution in [0.15, 0.2) is 53.4 Å². The first-order valence-corrected chi connectivity index (χ1v) is 10.2. The average Bonchev–Trinajstić information content (AvgIpc) is 3.29. The zero-order valence-electron chi connectivity index (χ0n) is 15.7. The molecule has 1 aromatic carbocycles. The maximum Gasteiger partial charge on any atom is 0.254 e. The van der Waals surface area contributed by atoms with Gasteiger partial charge in [-0.15, -0.1) is 0 Å². The summed E-state index contributed by atoms with van der Waals surface area (Å²) in [6.07, 6.45) is 3.77. The Hall–Kier alpha value is -2.93. The Kier molecular flexibility index (Phi) is 5.53. The lowest BCUT2D eigenvalue weighted by molar-refractivity contribution is 0.0706. The van der Waals surface area contributed by atoms with Crippen LogP contribution >= 0.6 is 11.3 Å². The SMILES string of the molecule is COc1ccc(Nc2nccc(C3CCCN(C(=O)c4ccsc4)C3)n2)cc1. The fourth-order valence-electron chi connectivity index (χ4n) is 3.44. The largest absolute Gasteiger partial charge is 0.497 e. The van der Waals surface area contributed by atoms with Crippen molar-refractivity contribution in [1.82, 2.24) is 14.9 Å². The molecule has 1 atom stereocenters. The van der Waals surface area contributed by atoms with E-state index in [2.05, 4.69) is 10.3 Å². The summed E-state index contributed by atoms with van der Waals surface area (Å²) < 4.78 is 5.18. The van der Waals surface area contributed by atoms with Gasteiger partial charge in [-0.05, 0) is 54.6 Å². The number of methoxy groups -OCH3 is 1. The number of piperidine rings is 1. The fraction of sp³-hybridized carbons (Fsp3) is 0.286. The van der Waals surface area contributed by atoms with Gasteiger partial charge in [-0.1, -0.05) is 0 Å². The normalized spacial score (nSPS) is 16.6. The minimum Gasteiger partial charge on any atom is -0.497 e. The summed E-state index contributed by atoms with van der Waals surface area (Å²) in [5.74, 6) is 1.69. The first-order valence-electron chi connectivity index (χ1n) is 9.28. The molecule has 6 nitrogen and oxygen atoms in total. The molecular weight excluding hydrogens is 372 g/mol. The molecule has 1 N–H and O–H groups in total. The van der Waals surface area contributed by atoms with Crippen LogP contribution in [0.1, 0.15) is 34.8 Å². The molecule has 1 saturated heterocycles. The van der Waals surface area contributed by atoms with Crippen molar-refractivity contribution in [2.75, 3.05) is 25.5 Å². The number of carbonyl (C=O) groups excluding carboxylic acids is 1. The molecule has 28 heavy (non-hydrogen) atoms. The van der Waals surface area contributed by atoms with E-state index in [1.165, 1.54) is 0 Å². The molecule has 4 rings (SSSR count). The first kappa shape index (κ1) is 18.4. The van der Waals surface area contributed by atoms with Gasteiger partial charge in [0.05, 0.1) is 18.4 Å². The molecule has 0 saturated carbocycles. The number of likely N-dealkylation sites (tertiary alicyclic amines) is 1. The average molecular weight is 395 g/mol. The number of hydrogen-bond acceptors (Lipinski definition) is 6. The van der Waals surface area contributed by atoms with E-state index in [9.17, 15) is 4.79 Å². The van der Waals surface area contributed by atoms with E-state index in [-0.39, 0.29) is 11.8 Å². The third-order valence-electron chi connectivity index (χ3n) is 4.92. The third-order valence-corrected chi connectivity index (χ3v) is 5.60. The molecule has 0 bridgehead atoms. The Morgan fingerprint density at radius 2 is 2.11 bits per heavy atom. The first-order chi connectivity index (χ1) is 13.7. The second-order valence-corrected chi connectivity index (χ2v) is 7.54. The van der Waals surface area contributed by atoms with Crippen LogP contribution in [-0.4, -0.2) is 41.0 Å². The molecule has 0 radical (unpaired) electrons. The van der Waals surface area contributed by atoms with Crippen molar-refractivity contribution in [2.24, 2.45) is 0 Å².